The van der Waals surface area contributed by atoms with Crippen molar-refractivity contribution >= 4 is 0 Å². The van der Waals surface area contributed by atoms with Crippen molar-refractivity contribution in [3.8, 4) is 5.75 Å². The second kappa shape index (κ2) is 8.15. The van der Waals surface area contributed by atoms with Gasteiger partial charge in [0.1, 0.15) is 5.75 Å². The van der Waals surface area contributed by atoms with Crippen LogP contribution in [0.15, 0.2) is 24.3 Å². The Balaban J connectivity index is 2.79. The first-order valence-corrected chi connectivity index (χ1v) is 7.13. The number of hydrogen-bond acceptors (Lipinski definition) is 2. The van der Waals surface area contributed by atoms with E-state index in [0.717, 1.165) is 37.0 Å². The van der Waals surface area contributed by atoms with E-state index < -0.39 is 0 Å². The summed E-state index contributed by atoms with van der Waals surface area (Å²) in [4.78, 5) is 0. The average molecular weight is 250 g/mol. The van der Waals surface area contributed by atoms with Crippen LogP contribution in [0.5, 0.6) is 5.75 Å². The lowest BCUT2D eigenvalue weighted by molar-refractivity contribution is 0.0961. The average Bonchev–Trinajstić information content (AvgIpc) is 2.38. The molecule has 1 unspecified atom stereocenters. The number of hydrogen-bond donors (Lipinski definition) is 1. The van der Waals surface area contributed by atoms with Crippen LogP contribution in [0.3, 0.4) is 0 Å². The predicted molar refractivity (Wildman–Crippen MR) is 75.9 cm³/mol. The third-order valence-electron chi connectivity index (χ3n) is 3.28. The Labute approximate surface area is 111 Å². The van der Waals surface area contributed by atoms with Gasteiger partial charge in [0.25, 0.3) is 0 Å². The maximum atomic E-state index is 10.5. The third-order valence-corrected chi connectivity index (χ3v) is 3.28. The summed E-state index contributed by atoms with van der Waals surface area (Å²) in [5.41, 5.74) is 0.979. The summed E-state index contributed by atoms with van der Waals surface area (Å²) < 4.78 is 5.49. The van der Waals surface area contributed by atoms with Crippen LogP contribution in [-0.4, -0.2) is 11.7 Å². The first-order valence-electron chi connectivity index (χ1n) is 7.13. The van der Waals surface area contributed by atoms with Crippen LogP contribution >= 0.6 is 0 Å². The first-order chi connectivity index (χ1) is 8.72. The quantitative estimate of drug-likeness (QED) is 0.744. The van der Waals surface area contributed by atoms with E-state index in [0.29, 0.717) is 12.5 Å². The van der Waals surface area contributed by atoms with Crippen LogP contribution in [0, 0.1) is 5.92 Å². The Bertz CT molecular complexity index is 330. The summed E-state index contributed by atoms with van der Waals surface area (Å²) in [5, 5.41) is 10.5. The molecule has 0 aromatic heterocycles. The number of ether oxygens (including phenoxy) is 1. The summed E-state index contributed by atoms with van der Waals surface area (Å²) in [7, 11) is 0. The van der Waals surface area contributed by atoms with Gasteiger partial charge in [0.2, 0.25) is 0 Å². The molecule has 1 aromatic carbocycles. The van der Waals surface area contributed by atoms with Gasteiger partial charge in [-0.2, -0.15) is 0 Å². The summed E-state index contributed by atoms with van der Waals surface area (Å²) >= 11 is 0. The molecule has 2 heteroatoms. The lowest BCUT2D eigenvalue weighted by Gasteiger charge is -2.22. The maximum absolute atomic E-state index is 10.5. The molecule has 0 aliphatic rings. The summed E-state index contributed by atoms with van der Waals surface area (Å²) in [6, 6.07) is 7.85. The van der Waals surface area contributed by atoms with Crippen molar-refractivity contribution in [1.29, 1.82) is 0 Å². The summed E-state index contributed by atoms with van der Waals surface area (Å²) in [5.74, 6) is 1.21. The molecule has 1 atom stereocenters. The summed E-state index contributed by atoms with van der Waals surface area (Å²) in [6.07, 6.45) is 4.02. The molecule has 0 saturated heterocycles. The molecule has 0 fully saturated rings. The highest BCUT2D eigenvalue weighted by Gasteiger charge is 2.19. The molecule has 2 nitrogen and oxygen atoms in total. The van der Waals surface area contributed by atoms with E-state index in [-0.39, 0.29) is 6.10 Å². The lowest BCUT2D eigenvalue weighted by atomic mass is 9.88. The summed E-state index contributed by atoms with van der Waals surface area (Å²) in [6.45, 7) is 6.98. The minimum atomic E-state index is -0.370. The second-order valence-electron chi connectivity index (χ2n) is 4.79. The molecular weight excluding hydrogens is 224 g/mol. The van der Waals surface area contributed by atoms with Gasteiger partial charge >= 0.3 is 0 Å². The molecule has 18 heavy (non-hydrogen) atoms. The van der Waals surface area contributed by atoms with Crippen LogP contribution in [0.2, 0.25) is 0 Å². The highest BCUT2D eigenvalue weighted by molar-refractivity contribution is 5.30. The zero-order chi connectivity index (χ0) is 13.4. The largest absolute Gasteiger partial charge is 0.494 e. The number of benzene rings is 1. The van der Waals surface area contributed by atoms with Crippen LogP contribution in [0.4, 0.5) is 0 Å². The van der Waals surface area contributed by atoms with Gasteiger partial charge in [0.15, 0.2) is 0 Å². The van der Waals surface area contributed by atoms with Gasteiger partial charge in [-0.1, -0.05) is 38.8 Å². The van der Waals surface area contributed by atoms with Gasteiger partial charge in [-0.05, 0) is 43.4 Å². The Kier molecular flexibility index (Phi) is 6.81. The van der Waals surface area contributed by atoms with Crippen LogP contribution in [-0.2, 0) is 0 Å². The van der Waals surface area contributed by atoms with Crippen molar-refractivity contribution < 1.29 is 9.84 Å². The molecule has 0 spiro atoms. The fraction of sp³-hybridized carbons (Fsp3) is 0.625. The molecule has 0 bridgehead atoms. The predicted octanol–water partition coefficient (Wildman–Crippen LogP) is 4.34. The second-order valence-corrected chi connectivity index (χ2v) is 4.79. The molecule has 0 aliphatic carbocycles. The van der Waals surface area contributed by atoms with Crippen molar-refractivity contribution in [1.82, 2.24) is 0 Å². The molecule has 0 aliphatic heterocycles. The molecule has 0 radical (unpaired) electrons. The molecule has 102 valence electrons. The van der Waals surface area contributed by atoms with Gasteiger partial charge in [-0.25, -0.2) is 0 Å². The SMILES string of the molecule is CCCC(CCC)C(O)c1cccc(OCC)c1. The number of rotatable bonds is 8. The standard InChI is InChI=1S/C16H26O2/c1-4-8-13(9-5-2)16(17)14-10-7-11-15(12-14)18-6-3/h7,10-13,16-17H,4-6,8-9H2,1-3H3. The molecule has 0 saturated carbocycles. The molecule has 1 rings (SSSR count). The number of aliphatic hydroxyl groups is 1. The lowest BCUT2D eigenvalue weighted by Crippen LogP contribution is -2.12. The number of aliphatic hydroxyl groups excluding tert-OH is 1. The van der Waals surface area contributed by atoms with Crippen LogP contribution in [0.25, 0.3) is 0 Å². The molecule has 1 N–H and O–H groups in total. The minimum Gasteiger partial charge on any atom is -0.494 e. The monoisotopic (exact) mass is 250 g/mol. The Morgan fingerprint density at radius 3 is 2.33 bits per heavy atom. The maximum Gasteiger partial charge on any atom is 0.119 e. The Morgan fingerprint density at radius 2 is 1.78 bits per heavy atom. The van der Waals surface area contributed by atoms with E-state index in [1.54, 1.807) is 0 Å². The Hall–Kier alpha value is -1.02. The van der Waals surface area contributed by atoms with Crippen LogP contribution < -0.4 is 4.74 Å². The van der Waals surface area contributed by atoms with E-state index in [1.807, 2.05) is 31.2 Å². The zero-order valence-corrected chi connectivity index (χ0v) is 11.9. The van der Waals surface area contributed by atoms with Crippen LogP contribution in [0.1, 0.15) is 58.1 Å². The fourth-order valence-electron chi connectivity index (χ4n) is 2.43. The van der Waals surface area contributed by atoms with E-state index in [9.17, 15) is 5.11 Å². The van der Waals surface area contributed by atoms with Gasteiger partial charge in [0.05, 0.1) is 12.7 Å². The van der Waals surface area contributed by atoms with E-state index in [4.69, 9.17) is 4.74 Å². The zero-order valence-electron chi connectivity index (χ0n) is 11.9. The highest BCUT2D eigenvalue weighted by atomic mass is 16.5. The molecule has 0 heterocycles. The van der Waals surface area contributed by atoms with Crippen molar-refractivity contribution in [2.24, 2.45) is 5.92 Å². The normalized spacial score (nSPS) is 12.7. The minimum absolute atomic E-state index is 0.358. The van der Waals surface area contributed by atoms with Crippen molar-refractivity contribution in [3.63, 3.8) is 0 Å². The van der Waals surface area contributed by atoms with Crippen molar-refractivity contribution in [2.75, 3.05) is 6.61 Å². The smallest absolute Gasteiger partial charge is 0.119 e. The van der Waals surface area contributed by atoms with Gasteiger partial charge in [-0.3, -0.25) is 0 Å². The van der Waals surface area contributed by atoms with E-state index in [2.05, 4.69) is 13.8 Å². The molecular formula is C16H26O2. The fourth-order valence-corrected chi connectivity index (χ4v) is 2.43. The topological polar surface area (TPSA) is 29.5 Å². The molecule has 0 amide bonds. The van der Waals surface area contributed by atoms with Gasteiger partial charge in [-0.15, -0.1) is 0 Å². The van der Waals surface area contributed by atoms with Gasteiger partial charge < -0.3 is 9.84 Å². The highest BCUT2D eigenvalue weighted by Crippen LogP contribution is 2.31. The van der Waals surface area contributed by atoms with Gasteiger partial charge in [0, 0.05) is 0 Å². The van der Waals surface area contributed by atoms with E-state index >= 15 is 0 Å². The molecule has 1 aromatic rings. The van der Waals surface area contributed by atoms with Crippen molar-refractivity contribution in [2.45, 2.75) is 52.6 Å². The third kappa shape index (κ3) is 4.34. The first kappa shape index (κ1) is 15.0. The Morgan fingerprint density at radius 1 is 1.11 bits per heavy atom. The van der Waals surface area contributed by atoms with Crippen molar-refractivity contribution in [3.05, 3.63) is 29.8 Å². The van der Waals surface area contributed by atoms with E-state index in [1.165, 1.54) is 0 Å².